The van der Waals surface area contributed by atoms with Gasteiger partial charge in [-0.3, -0.25) is 4.79 Å². The Morgan fingerprint density at radius 1 is 1.14 bits per heavy atom. The molecule has 0 saturated heterocycles. The fourth-order valence-corrected chi connectivity index (χ4v) is 6.44. The number of fused-ring (bicyclic) bond motifs is 5. The molecule has 0 amide bonds. The number of rotatable bonds is 0. The third kappa shape index (κ3) is 1.65. The Bertz CT molecular complexity index is 510. The summed E-state index contributed by atoms with van der Waals surface area (Å²) in [7, 11) is 0. The van der Waals surface area contributed by atoms with Crippen LogP contribution in [0.3, 0.4) is 0 Å². The monoisotopic (exact) mass is 290 g/mol. The lowest BCUT2D eigenvalue weighted by molar-refractivity contribution is -0.132. The third-order valence-corrected chi connectivity index (χ3v) is 7.80. The average Bonchev–Trinajstić information content (AvgIpc) is 2.76. The van der Waals surface area contributed by atoms with Crippen molar-refractivity contribution in [2.24, 2.45) is 28.6 Å². The molecule has 0 aromatic carbocycles. The molecule has 0 radical (unpaired) electrons. The van der Waals surface area contributed by atoms with Gasteiger partial charge in [0.15, 0.2) is 0 Å². The largest absolute Gasteiger partial charge is 0.299 e. The molecule has 1 nitrogen and oxygen atoms in total. The van der Waals surface area contributed by atoms with Gasteiger partial charge in [0.05, 0.1) is 0 Å². The topological polar surface area (TPSA) is 17.1 Å². The Labute approximate surface area is 127 Å². The van der Waals surface area contributed by atoms with Gasteiger partial charge in [-0.2, -0.15) is 0 Å². The van der Waals surface area contributed by atoms with Gasteiger partial charge in [0, 0.05) is 17.3 Å². The quantitative estimate of drug-likeness (QED) is 0.582. The molecule has 0 heterocycles. The SMILES string of the molecule is C[C@]12CC[C@H]3[C@@H](CC=C4CCCC(F)[C@@]43C)[C@@H]1CCC2=O. The zero-order valence-corrected chi connectivity index (χ0v) is 13.3. The minimum absolute atomic E-state index is 0.0939. The molecule has 0 aromatic rings. The Balaban J connectivity index is 1.74. The molecule has 3 fully saturated rings. The number of halogens is 1. The number of ketones is 1. The van der Waals surface area contributed by atoms with Gasteiger partial charge in [-0.15, -0.1) is 0 Å². The van der Waals surface area contributed by atoms with Crippen molar-refractivity contribution >= 4 is 5.78 Å². The lowest BCUT2D eigenvalue weighted by atomic mass is 9.48. The van der Waals surface area contributed by atoms with Crippen LogP contribution in [0.1, 0.15) is 65.2 Å². The number of Topliss-reactive ketones (excluding diaryl/α,β-unsaturated/α-hetero) is 1. The van der Waals surface area contributed by atoms with Gasteiger partial charge >= 0.3 is 0 Å². The van der Waals surface area contributed by atoms with Crippen LogP contribution in [-0.2, 0) is 4.79 Å². The summed E-state index contributed by atoms with van der Waals surface area (Å²) in [6.45, 7) is 4.39. The van der Waals surface area contributed by atoms with Crippen LogP contribution < -0.4 is 0 Å². The van der Waals surface area contributed by atoms with E-state index in [4.69, 9.17) is 0 Å². The first kappa shape index (κ1) is 14.0. The Morgan fingerprint density at radius 2 is 1.95 bits per heavy atom. The van der Waals surface area contributed by atoms with Gasteiger partial charge < -0.3 is 0 Å². The van der Waals surface area contributed by atoms with E-state index in [-0.39, 0.29) is 10.8 Å². The number of alkyl halides is 1. The molecule has 6 atom stereocenters. The summed E-state index contributed by atoms with van der Waals surface area (Å²) in [6, 6.07) is 0. The molecular weight excluding hydrogens is 263 g/mol. The van der Waals surface area contributed by atoms with Gasteiger partial charge in [-0.1, -0.05) is 25.5 Å². The first-order valence-corrected chi connectivity index (χ1v) is 8.85. The molecule has 4 aliphatic carbocycles. The van der Waals surface area contributed by atoms with Crippen molar-refractivity contribution in [3.63, 3.8) is 0 Å². The molecule has 3 saturated carbocycles. The molecule has 0 aromatic heterocycles. The summed E-state index contributed by atoms with van der Waals surface area (Å²) in [5.74, 6) is 2.00. The van der Waals surface area contributed by atoms with E-state index in [0.717, 1.165) is 51.4 Å². The van der Waals surface area contributed by atoms with E-state index in [1.54, 1.807) is 0 Å². The second-order valence-corrected chi connectivity index (χ2v) is 8.40. The first-order chi connectivity index (χ1) is 9.98. The highest BCUT2D eigenvalue weighted by Gasteiger charge is 2.60. The molecule has 0 spiro atoms. The van der Waals surface area contributed by atoms with Gasteiger partial charge in [0.1, 0.15) is 12.0 Å². The minimum Gasteiger partial charge on any atom is -0.299 e. The van der Waals surface area contributed by atoms with Crippen molar-refractivity contribution in [2.45, 2.75) is 71.4 Å². The normalized spacial score (nSPS) is 52.7. The van der Waals surface area contributed by atoms with Crippen LogP contribution >= 0.6 is 0 Å². The van der Waals surface area contributed by atoms with Gasteiger partial charge in [0.2, 0.25) is 0 Å². The molecule has 116 valence electrons. The summed E-state index contributed by atoms with van der Waals surface area (Å²) in [4.78, 5) is 12.3. The summed E-state index contributed by atoms with van der Waals surface area (Å²) in [5.41, 5.74) is 1.08. The summed E-state index contributed by atoms with van der Waals surface area (Å²) in [5, 5.41) is 0. The Morgan fingerprint density at radius 3 is 2.76 bits per heavy atom. The van der Waals surface area contributed by atoms with Crippen LogP contribution in [-0.4, -0.2) is 12.0 Å². The van der Waals surface area contributed by atoms with E-state index >= 15 is 0 Å². The van der Waals surface area contributed by atoms with Crippen LogP contribution in [0.25, 0.3) is 0 Å². The van der Waals surface area contributed by atoms with Crippen molar-refractivity contribution in [1.82, 2.24) is 0 Å². The van der Waals surface area contributed by atoms with E-state index in [1.165, 1.54) is 5.57 Å². The highest BCUT2D eigenvalue weighted by Crippen LogP contribution is 2.64. The number of carbonyl (C=O) groups is 1. The average molecular weight is 290 g/mol. The molecule has 21 heavy (non-hydrogen) atoms. The van der Waals surface area contributed by atoms with E-state index in [9.17, 15) is 9.18 Å². The molecule has 1 unspecified atom stereocenters. The van der Waals surface area contributed by atoms with Crippen LogP contribution in [0, 0.1) is 28.6 Å². The Hall–Kier alpha value is -0.660. The fraction of sp³-hybridized carbons (Fsp3) is 0.842. The molecule has 2 heteroatoms. The van der Waals surface area contributed by atoms with Crippen LogP contribution in [0.15, 0.2) is 11.6 Å². The van der Waals surface area contributed by atoms with Crippen molar-refractivity contribution in [2.75, 3.05) is 0 Å². The van der Waals surface area contributed by atoms with Crippen LogP contribution in [0.5, 0.6) is 0 Å². The van der Waals surface area contributed by atoms with E-state index in [1.807, 2.05) is 0 Å². The van der Waals surface area contributed by atoms with Crippen LogP contribution in [0.4, 0.5) is 4.39 Å². The van der Waals surface area contributed by atoms with Gasteiger partial charge in [-0.05, 0) is 62.7 Å². The zero-order valence-electron chi connectivity index (χ0n) is 13.3. The molecule has 4 rings (SSSR count). The van der Waals surface area contributed by atoms with Crippen molar-refractivity contribution in [3.05, 3.63) is 11.6 Å². The second kappa shape index (κ2) is 4.43. The molecule has 4 aliphatic rings. The first-order valence-electron chi connectivity index (χ1n) is 8.85. The standard InChI is InChI=1S/C19H27FO/c1-18-11-10-15-13(14(18)8-9-17(18)21)7-6-12-4-3-5-16(20)19(12,15)2/h6,13-16H,3-5,7-11H2,1-2H3/t13-,14-,15-,16?,18-,19-/m0/s1. The van der Waals surface area contributed by atoms with Crippen molar-refractivity contribution in [1.29, 1.82) is 0 Å². The van der Waals surface area contributed by atoms with Crippen LogP contribution in [0.2, 0.25) is 0 Å². The van der Waals surface area contributed by atoms with Gasteiger partial charge in [0.25, 0.3) is 0 Å². The smallest absolute Gasteiger partial charge is 0.139 e. The van der Waals surface area contributed by atoms with Crippen molar-refractivity contribution in [3.8, 4) is 0 Å². The molecule has 0 N–H and O–H groups in total. The van der Waals surface area contributed by atoms with Gasteiger partial charge in [-0.25, -0.2) is 4.39 Å². The molecule has 0 aliphatic heterocycles. The number of allylic oxidation sites excluding steroid dienone is 2. The minimum atomic E-state index is -0.674. The maximum atomic E-state index is 14.9. The third-order valence-electron chi connectivity index (χ3n) is 7.80. The van der Waals surface area contributed by atoms with E-state index in [0.29, 0.717) is 23.5 Å². The second-order valence-electron chi connectivity index (χ2n) is 8.40. The number of hydrogen-bond donors (Lipinski definition) is 0. The lowest BCUT2D eigenvalue weighted by Crippen LogP contribution is -2.53. The molecular formula is C19H27FO. The van der Waals surface area contributed by atoms with E-state index < -0.39 is 6.17 Å². The zero-order chi connectivity index (χ0) is 14.8. The fourth-order valence-electron chi connectivity index (χ4n) is 6.44. The number of hydrogen-bond acceptors (Lipinski definition) is 1. The maximum Gasteiger partial charge on any atom is 0.139 e. The van der Waals surface area contributed by atoms with E-state index in [2.05, 4.69) is 19.9 Å². The highest BCUT2D eigenvalue weighted by molar-refractivity contribution is 5.87. The number of carbonyl (C=O) groups excluding carboxylic acids is 1. The predicted octanol–water partition coefficient (Wildman–Crippen LogP) is 4.86. The lowest BCUT2D eigenvalue weighted by Gasteiger charge is -2.57. The summed E-state index contributed by atoms with van der Waals surface area (Å²) in [6.07, 6.45) is 9.48. The molecule has 0 bridgehead atoms. The summed E-state index contributed by atoms with van der Waals surface area (Å²) >= 11 is 0. The Kier molecular flexibility index (Phi) is 2.94. The summed E-state index contributed by atoms with van der Waals surface area (Å²) < 4.78 is 14.9. The maximum absolute atomic E-state index is 14.9. The predicted molar refractivity (Wildman–Crippen MR) is 81.6 cm³/mol. The highest BCUT2D eigenvalue weighted by atomic mass is 19.1. The van der Waals surface area contributed by atoms with Crippen molar-refractivity contribution < 1.29 is 9.18 Å².